The van der Waals surface area contributed by atoms with Gasteiger partial charge in [0, 0.05) is 0 Å². The van der Waals surface area contributed by atoms with E-state index in [4.69, 9.17) is 0 Å². The Kier molecular flexibility index (Phi) is 19.1. The molecule has 0 N–H and O–H groups in total. The number of allylic oxidation sites excluding steroid dienone is 8. The van der Waals surface area contributed by atoms with Crippen molar-refractivity contribution < 1.29 is 0 Å². The first-order valence-corrected chi connectivity index (χ1v) is 6.84. The van der Waals surface area contributed by atoms with Gasteiger partial charge in [0.25, 0.3) is 0 Å². The number of hydrogen-bond donors (Lipinski definition) is 0. The maximum Gasteiger partial charge on any atom is -0.0159 e. The van der Waals surface area contributed by atoms with Crippen molar-refractivity contribution in [2.24, 2.45) is 0 Å². The molecule has 0 bridgehead atoms. The molecule has 0 fully saturated rings. The Morgan fingerprint density at radius 1 is 0.833 bits per heavy atom. The molecule has 0 aliphatic heterocycles. The van der Waals surface area contributed by atoms with Crippen LogP contribution in [-0.4, -0.2) is 0 Å². The summed E-state index contributed by atoms with van der Waals surface area (Å²) < 4.78 is 0. The molecule has 0 nitrogen and oxygen atoms in total. The fraction of sp³-hybridized carbons (Fsp3) is 0.444. The van der Waals surface area contributed by atoms with E-state index in [2.05, 4.69) is 46.1 Å². The van der Waals surface area contributed by atoms with Gasteiger partial charge in [0.05, 0.1) is 0 Å². The van der Waals surface area contributed by atoms with Crippen LogP contribution in [0.1, 0.15) is 55.4 Å². The maximum atomic E-state index is 3.79. The Morgan fingerprint density at radius 3 is 1.44 bits per heavy atom. The van der Waals surface area contributed by atoms with Crippen molar-refractivity contribution in [3.05, 3.63) is 59.8 Å². The monoisotopic (exact) mass is 248 g/mol. The van der Waals surface area contributed by atoms with E-state index < -0.39 is 0 Å². The fourth-order valence-electron chi connectivity index (χ4n) is 1.17. The number of hydrogen-bond acceptors (Lipinski definition) is 0. The van der Waals surface area contributed by atoms with E-state index in [1.807, 2.05) is 46.8 Å². The van der Waals surface area contributed by atoms with Gasteiger partial charge < -0.3 is 0 Å². The Balaban J connectivity index is -0.000000506. The highest BCUT2D eigenvalue weighted by Crippen LogP contribution is 2.19. The lowest BCUT2D eigenvalue weighted by molar-refractivity contribution is 1.31. The first-order chi connectivity index (χ1) is 8.56. The highest BCUT2D eigenvalue weighted by atomic mass is 14.0. The summed E-state index contributed by atoms with van der Waals surface area (Å²) in [5.41, 5.74) is 4.82. The Hall–Kier alpha value is -1.30. The van der Waals surface area contributed by atoms with Crippen LogP contribution in [-0.2, 0) is 0 Å². The van der Waals surface area contributed by atoms with Crippen LogP contribution in [0.3, 0.4) is 0 Å². The van der Waals surface area contributed by atoms with Crippen molar-refractivity contribution in [2.75, 3.05) is 0 Å². The Labute approximate surface area is 116 Å². The van der Waals surface area contributed by atoms with E-state index in [0.717, 1.165) is 5.57 Å². The zero-order chi connectivity index (χ0) is 15.1. The predicted molar refractivity (Wildman–Crippen MR) is 89.0 cm³/mol. The zero-order valence-corrected chi connectivity index (χ0v) is 13.7. The second kappa shape index (κ2) is 15.7. The topological polar surface area (TPSA) is 0 Å². The van der Waals surface area contributed by atoms with E-state index in [1.165, 1.54) is 16.7 Å². The Bertz CT molecular complexity index is 295. The van der Waals surface area contributed by atoms with Crippen LogP contribution < -0.4 is 0 Å². The van der Waals surface area contributed by atoms with Crippen LogP contribution in [0.5, 0.6) is 0 Å². The lowest BCUT2D eigenvalue weighted by atomic mass is 9.98. The fourth-order valence-corrected chi connectivity index (χ4v) is 1.17. The average molecular weight is 248 g/mol. The largest absolute Gasteiger partial charge is 0.0984 e. The minimum atomic E-state index is 1.08. The predicted octanol–water partition coefficient (Wildman–Crippen LogP) is 6.64. The van der Waals surface area contributed by atoms with Gasteiger partial charge in [-0.15, -0.1) is 0 Å². The molecule has 0 aliphatic rings. The molecule has 0 heteroatoms. The van der Waals surface area contributed by atoms with E-state index in [1.54, 1.807) is 0 Å². The summed E-state index contributed by atoms with van der Waals surface area (Å²) in [5.74, 6) is 0. The van der Waals surface area contributed by atoms with Crippen molar-refractivity contribution in [3.63, 3.8) is 0 Å². The first-order valence-electron chi connectivity index (χ1n) is 6.84. The van der Waals surface area contributed by atoms with E-state index in [-0.39, 0.29) is 0 Å². The summed E-state index contributed by atoms with van der Waals surface area (Å²) in [6.45, 7) is 23.9. The lowest BCUT2D eigenvalue weighted by Gasteiger charge is -2.07. The van der Waals surface area contributed by atoms with Crippen molar-refractivity contribution in [2.45, 2.75) is 55.4 Å². The van der Waals surface area contributed by atoms with Gasteiger partial charge in [-0.3, -0.25) is 0 Å². The van der Waals surface area contributed by atoms with Crippen LogP contribution in [0.15, 0.2) is 59.8 Å². The van der Waals surface area contributed by atoms with Crippen LogP contribution >= 0.6 is 0 Å². The van der Waals surface area contributed by atoms with E-state index in [0.29, 0.717) is 0 Å². The minimum Gasteiger partial charge on any atom is -0.0984 e. The third-order valence-corrected chi connectivity index (χ3v) is 2.04. The smallest absolute Gasteiger partial charge is 0.0159 e. The van der Waals surface area contributed by atoms with Crippen LogP contribution in [0, 0.1) is 0 Å². The van der Waals surface area contributed by atoms with Crippen molar-refractivity contribution in [3.8, 4) is 0 Å². The van der Waals surface area contributed by atoms with Gasteiger partial charge in [-0.25, -0.2) is 0 Å². The molecule has 0 saturated carbocycles. The second-order valence-electron chi connectivity index (χ2n) is 3.47. The average Bonchev–Trinajstić information content (AvgIpc) is 2.42. The third kappa shape index (κ3) is 9.89. The molecule has 0 rings (SSSR count). The van der Waals surface area contributed by atoms with E-state index >= 15 is 0 Å². The van der Waals surface area contributed by atoms with E-state index in [9.17, 15) is 0 Å². The molecule has 0 radical (unpaired) electrons. The molecule has 0 aromatic heterocycles. The second-order valence-corrected chi connectivity index (χ2v) is 3.47. The Morgan fingerprint density at radius 2 is 1.22 bits per heavy atom. The quantitative estimate of drug-likeness (QED) is 0.489. The SMILES string of the molecule is C=CC(C=C)=C(C=C(C)C)/C(C)=C\C.CC.CC. The summed E-state index contributed by atoms with van der Waals surface area (Å²) in [7, 11) is 0. The third-order valence-electron chi connectivity index (χ3n) is 2.04. The summed E-state index contributed by atoms with van der Waals surface area (Å²) >= 11 is 0. The standard InChI is InChI=1S/C14H20.2C2H6/c1-7-12(6)14(10-11(4)5)13(8-2)9-3;2*1-2/h7-10H,2-3H2,1,4-6H3;2*1-2H3/b12-7-;;. The maximum absolute atomic E-state index is 3.79. The molecule has 0 aromatic rings. The van der Waals surface area contributed by atoms with Gasteiger partial charge in [-0.1, -0.05) is 70.7 Å². The molecular weight excluding hydrogens is 216 g/mol. The van der Waals surface area contributed by atoms with Gasteiger partial charge >= 0.3 is 0 Å². The molecule has 0 aliphatic carbocycles. The molecule has 0 atom stereocenters. The molecule has 0 aromatic carbocycles. The highest BCUT2D eigenvalue weighted by Gasteiger charge is 1.99. The van der Waals surface area contributed by atoms with Gasteiger partial charge in [0.15, 0.2) is 0 Å². The summed E-state index contributed by atoms with van der Waals surface area (Å²) in [5, 5.41) is 0. The molecule has 0 heterocycles. The molecular formula is C18H32. The van der Waals surface area contributed by atoms with Crippen LogP contribution in [0.25, 0.3) is 0 Å². The van der Waals surface area contributed by atoms with Crippen molar-refractivity contribution in [1.82, 2.24) is 0 Å². The summed E-state index contributed by atoms with van der Waals surface area (Å²) in [4.78, 5) is 0. The van der Waals surface area contributed by atoms with Gasteiger partial charge in [-0.2, -0.15) is 0 Å². The molecule has 18 heavy (non-hydrogen) atoms. The van der Waals surface area contributed by atoms with Gasteiger partial charge in [0.1, 0.15) is 0 Å². The normalized spacial score (nSPS) is 8.78. The molecule has 0 saturated heterocycles. The van der Waals surface area contributed by atoms with Gasteiger partial charge in [0.2, 0.25) is 0 Å². The summed E-state index contributed by atoms with van der Waals surface area (Å²) in [6, 6.07) is 0. The lowest BCUT2D eigenvalue weighted by Crippen LogP contribution is -1.87. The molecule has 0 spiro atoms. The number of rotatable bonds is 4. The van der Waals surface area contributed by atoms with Crippen LogP contribution in [0.4, 0.5) is 0 Å². The first kappa shape index (κ1) is 21.9. The molecule has 0 amide bonds. The zero-order valence-electron chi connectivity index (χ0n) is 13.7. The molecule has 104 valence electrons. The summed E-state index contributed by atoms with van der Waals surface area (Å²) in [6.07, 6.45) is 7.94. The van der Waals surface area contributed by atoms with Gasteiger partial charge in [-0.05, 0) is 44.4 Å². The minimum absolute atomic E-state index is 1.08. The van der Waals surface area contributed by atoms with Crippen molar-refractivity contribution in [1.29, 1.82) is 0 Å². The molecule has 0 unspecified atom stereocenters. The van der Waals surface area contributed by atoms with Crippen LogP contribution in [0.2, 0.25) is 0 Å². The highest BCUT2D eigenvalue weighted by molar-refractivity contribution is 5.50. The van der Waals surface area contributed by atoms with Crippen molar-refractivity contribution >= 4 is 0 Å².